The minimum atomic E-state index is -0.272. The first-order chi connectivity index (χ1) is 18.1. The second-order valence-corrected chi connectivity index (χ2v) is 10.2. The van der Waals surface area contributed by atoms with Crippen molar-refractivity contribution in [3.63, 3.8) is 0 Å². The SMILES string of the molecule is COc1ccc(C2=C(c3ccc(O[C@H]4CCN(CCCF)C4)cc3)c3ccc(O)cc3CCC2)c(Cl)c1. The second kappa shape index (κ2) is 11.6. The number of rotatable bonds is 8. The van der Waals surface area contributed by atoms with Crippen LogP contribution in [-0.2, 0) is 6.42 Å². The number of alkyl halides is 1. The van der Waals surface area contributed by atoms with Gasteiger partial charge in [-0.3, -0.25) is 9.29 Å². The van der Waals surface area contributed by atoms with Gasteiger partial charge in [0.2, 0.25) is 0 Å². The van der Waals surface area contributed by atoms with Gasteiger partial charge in [0.05, 0.1) is 18.8 Å². The van der Waals surface area contributed by atoms with Crippen molar-refractivity contribution in [2.75, 3.05) is 33.4 Å². The molecule has 1 heterocycles. The fraction of sp³-hybridized carbons (Fsp3) is 0.355. The quantitative estimate of drug-likeness (QED) is 0.341. The number of ether oxygens (including phenoxy) is 2. The van der Waals surface area contributed by atoms with Crippen molar-refractivity contribution >= 4 is 22.7 Å². The molecule has 1 aliphatic heterocycles. The summed E-state index contributed by atoms with van der Waals surface area (Å²) >= 11 is 6.76. The third-order valence-corrected chi connectivity index (χ3v) is 7.63. The topological polar surface area (TPSA) is 41.9 Å². The Morgan fingerprint density at radius 1 is 1.00 bits per heavy atom. The molecule has 3 aromatic carbocycles. The molecule has 0 saturated carbocycles. The van der Waals surface area contributed by atoms with E-state index in [0.29, 0.717) is 11.4 Å². The Bertz CT molecular complexity index is 1270. The number of fused-ring (bicyclic) bond motifs is 1. The molecule has 1 fully saturated rings. The van der Waals surface area contributed by atoms with Crippen LogP contribution in [0.3, 0.4) is 0 Å². The Morgan fingerprint density at radius 2 is 1.78 bits per heavy atom. The van der Waals surface area contributed by atoms with E-state index in [4.69, 9.17) is 21.1 Å². The van der Waals surface area contributed by atoms with Crippen LogP contribution >= 0.6 is 11.6 Å². The van der Waals surface area contributed by atoms with Crippen molar-refractivity contribution in [2.45, 2.75) is 38.2 Å². The van der Waals surface area contributed by atoms with E-state index in [-0.39, 0.29) is 18.5 Å². The minimum absolute atomic E-state index is 0.125. The van der Waals surface area contributed by atoms with Crippen LogP contribution in [-0.4, -0.2) is 49.5 Å². The zero-order chi connectivity index (χ0) is 25.8. The van der Waals surface area contributed by atoms with Gasteiger partial charge in [-0.15, -0.1) is 0 Å². The molecule has 0 spiro atoms. The van der Waals surface area contributed by atoms with Crippen LogP contribution in [0.1, 0.15) is 47.9 Å². The summed E-state index contributed by atoms with van der Waals surface area (Å²) in [6, 6.07) is 19.8. The van der Waals surface area contributed by atoms with Crippen molar-refractivity contribution in [2.24, 2.45) is 0 Å². The maximum absolute atomic E-state index is 12.5. The maximum Gasteiger partial charge on any atom is 0.120 e. The van der Waals surface area contributed by atoms with Gasteiger partial charge in [0.1, 0.15) is 23.4 Å². The molecule has 2 aliphatic rings. The zero-order valence-electron chi connectivity index (χ0n) is 21.2. The number of likely N-dealkylation sites (tertiary alicyclic amines) is 1. The molecule has 0 unspecified atom stereocenters. The van der Waals surface area contributed by atoms with E-state index in [1.807, 2.05) is 42.5 Å². The lowest BCUT2D eigenvalue weighted by Gasteiger charge is -2.19. The van der Waals surface area contributed by atoms with E-state index < -0.39 is 0 Å². The van der Waals surface area contributed by atoms with Gasteiger partial charge in [0.25, 0.3) is 0 Å². The van der Waals surface area contributed by atoms with Gasteiger partial charge < -0.3 is 14.6 Å². The molecule has 5 rings (SSSR count). The molecule has 37 heavy (non-hydrogen) atoms. The van der Waals surface area contributed by atoms with E-state index >= 15 is 0 Å². The van der Waals surface area contributed by atoms with E-state index in [2.05, 4.69) is 17.0 Å². The Balaban J connectivity index is 1.49. The molecule has 1 aliphatic carbocycles. The number of phenols is 1. The molecule has 194 valence electrons. The molecule has 0 amide bonds. The van der Waals surface area contributed by atoms with Crippen LogP contribution in [0.4, 0.5) is 4.39 Å². The number of aromatic hydroxyl groups is 1. The predicted octanol–water partition coefficient (Wildman–Crippen LogP) is 7.16. The van der Waals surface area contributed by atoms with Gasteiger partial charge in [-0.2, -0.15) is 0 Å². The molecule has 6 heteroatoms. The van der Waals surface area contributed by atoms with Crippen LogP contribution in [0.15, 0.2) is 60.7 Å². The fourth-order valence-electron chi connectivity index (χ4n) is 5.51. The molecular weight excluding hydrogens is 489 g/mol. The third kappa shape index (κ3) is 5.78. The first kappa shape index (κ1) is 25.6. The minimum Gasteiger partial charge on any atom is -0.508 e. The van der Waals surface area contributed by atoms with Crippen LogP contribution < -0.4 is 9.47 Å². The summed E-state index contributed by atoms with van der Waals surface area (Å²) < 4.78 is 24.2. The molecule has 3 aromatic rings. The van der Waals surface area contributed by atoms with Crippen LogP contribution in [0.25, 0.3) is 11.1 Å². The summed E-state index contributed by atoms with van der Waals surface area (Å²) in [7, 11) is 1.64. The normalized spacial score (nSPS) is 18.0. The van der Waals surface area contributed by atoms with E-state index in [0.717, 1.165) is 84.6 Å². The number of hydrogen-bond donors (Lipinski definition) is 1. The highest BCUT2D eigenvalue weighted by atomic mass is 35.5. The number of halogens is 2. The van der Waals surface area contributed by atoms with Gasteiger partial charge in [0.15, 0.2) is 0 Å². The second-order valence-electron chi connectivity index (χ2n) is 9.79. The van der Waals surface area contributed by atoms with Crippen LogP contribution in [0.2, 0.25) is 5.02 Å². The van der Waals surface area contributed by atoms with Crippen LogP contribution in [0, 0.1) is 0 Å². The number of aryl methyl sites for hydroxylation is 1. The summed E-state index contributed by atoms with van der Waals surface area (Å²) in [6.45, 7) is 2.30. The number of nitrogens with zero attached hydrogens (tertiary/aromatic N) is 1. The third-order valence-electron chi connectivity index (χ3n) is 7.32. The first-order valence-electron chi connectivity index (χ1n) is 13.0. The van der Waals surface area contributed by atoms with E-state index in [1.54, 1.807) is 13.2 Å². The number of benzene rings is 3. The van der Waals surface area contributed by atoms with Gasteiger partial charge in [0, 0.05) is 19.6 Å². The fourth-order valence-corrected chi connectivity index (χ4v) is 5.80. The van der Waals surface area contributed by atoms with E-state index in [1.165, 1.54) is 5.57 Å². The van der Waals surface area contributed by atoms with Crippen molar-refractivity contribution in [3.8, 4) is 17.2 Å². The maximum atomic E-state index is 12.5. The standard InChI is InChI=1S/C31H33ClFNO3/c1-36-25-11-13-28(30(32)19-25)29-5-2-4-22-18-23(35)8-12-27(22)31(29)21-6-9-24(10-7-21)37-26-14-17-34(20-26)16-3-15-33/h6-13,18-19,26,35H,2-5,14-17,20H2,1H3/t26-/m0/s1. The average Bonchev–Trinajstić information content (AvgIpc) is 3.27. The summed E-state index contributed by atoms with van der Waals surface area (Å²) in [4.78, 5) is 2.27. The number of allylic oxidation sites excluding steroid dienone is 1. The van der Waals surface area contributed by atoms with Crippen molar-refractivity contribution in [1.29, 1.82) is 0 Å². The molecule has 0 radical (unpaired) electrons. The highest BCUT2D eigenvalue weighted by Gasteiger charge is 2.25. The van der Waals surface area contributed by atoms with Gasteiger partial charge in [-0.05, 0) is 108 Å². The summed E-state index contributed by atoms with van der Waals surface area (Å²) in [5.74, 6) is 1.85. The molecule has 1 atom stereocenters. The first-order valence-corrected chi connectivity index (χ1v) is 13.4. The monoisotopic (exact) mass is 521 g/mol. The highest BCUT2D eigenvalue weighted by Crippen LogP contribution is 2.43. The lowest BCUT2D eigenvalue weighted by atomic mass is 9.87. The summed E-state index contributed by atoms with van der Waals surface area (Å²) in [6.07, 6.45) is 4.37. The number of methoxy groups -OCH3 is 1. The molecule has 1 saturated heterocycles. The smallest absolute Gasteiger partial charge is 0.120 e. The molecule has 4 nitrogen and oxygen atoms in total. The molecular formula is C31H33ClFNO3. The molecule has 1 N–H and O–H groups in total. The van der Waals surface area contributed by atoms with Crippen molar-refractivity contribution < 1.29 is 19.0 Å². The van der Waals surface area contributed by atoms with Crippen molar-refractivity contribution in [3.05, 3.63) is 87.9 Å². The lowest BCUT2D eigenvalue weighted by molar-refractivity contribution is 0.198. The zero-order valence-corrected chi connectivity index (χ0v) is 21.9. The van der Waals surface area contributed by atoms with E-state index in [9.17, 15) is 9.50 Å². The average molecular weight is 522 g/mol. The van der Waals surface area contributed by atoms with Crippen molar-refractivity contribution in [1.82, 2.24) is 4.90 Å². The summed E-state index contributed by atoms with van der Waals surface area (Å²) in [5, 5.41) is 10.8. The van der Waals surface area contributed by atoms with Crippen LogP contribution in [0.5, 0.6) is 17.2 Å². The van der Waals surface area contributed by atoms with Gasteiger partial charge in [-0.25, -0.2) is 0 Å². The molecule has 0 bridgehead atoms. The van der Waals surface area contributed by atoms with Gasteiger partial charge in [-0.1, -0.05) is 29.8 Å². The Hall–Kier alpha value is -3.02. The Kier molecular flexibility index (Phi) is 8.02. The summed E-state index contributed by atoms with van der Waals surface area (Å²) in [5.41, 5.74) is 6.64. The lowest BCUT2D eigenvalue weighted by Crippen LogP contribution is -2.26. The number of hydrogen-bond acceptors (Lipinski definition) is 4. The van der Waals surface area contributed by atoms with Gasteiger partial charge >= 0.3 is 0 Å². The Morgan fingerprint density at radius 3 is 2.54 bits per heavy atom. The highest BCUT2D eigenvalue weighted by molar-refractivity contribution is 6.33. The Labute approximate surface area is 223 Å². The molecule has 0 aromatic heterocycles. The predicted molar refractivity (Wildman–Crippen MR) is 147 cm³/mol. The largest absolute Gasteiger partial charge is 0.508 e. The number of phenolic OH excluding ortho intramolecular Hbond substituents is 1.